The summed E-state index contributed by atoms with van der Waals surface area (Å²) in [5, 5.41) is 8.27. The van der Waals surface area contributed by atoms with Gasteiger partial charge in [0.1, 0.15) is 5.84 Å². The Labute approximate surface area is 95.0 Å². The Morgan fingerprint density at radius 2 is 2.20 bits per heavy atom. The highest BCUT2D eigenvalue weighted by Gasteiger charge is 1.98. The van der Waals surface area contributed by atoms with Crippen molar-refractivity contribution in [3.05, 3.63) is 29.8 Å². The molecule has 1 aromatic rings. The van der Waals surface area contributed by atoms with Crippen molar-refractivity contribution in [1.82, 2.24) is 0 Å². The molecule has 0 spiro atoms. The summed E-state index contributed by atoms with van der Waals surface area (Å²) in [6.07, 6.45) is 4.11. The highest BCUT2D eigenvalue weighted by atomic mass is 32.1. The molecule has 4 heteroatoms. The quantitative estimate of drug-likeness (QED) is 0.353. The Morgan fingerprint density at radius 1 is 1.47 bits per heavy atom. The largest absolute Gasteiger partial charge is 0.386 e. The van der Waals surface area contributed by atoms with E-state index in [9.17, 15) is 0 Å². The average molecular weight is 219 g/mol. The van der Waals surface area contributed by atoms with E-state index in [0.29, 0.717) is 12.3 Å². The third-order valence-corrected chi connectivity index (χ3v) is 2.50. The summed E-state index contributed by atoms with van der Waals surface area (Å²) in [5.74, 6) is 0.397. The number of thiol groups is 1. The van der Waals surface area contributed by atoms with Crippen LogP contribution in [0.2, 0.25) is 0 Å². The number of nitriles is 1. The Morgan fingerprint density at radius 3 is 2.87 bits per heavy atom. The minimum atomic E-state index is 0.397. The molecule has 0 atom stereocenters. The van der Waals surface area contributed by atoms with Crippen LogP contribution in [0.1, 0.15) is 18.4 Å². The first kappa shape index (κ1) is 11.6. The molecule has 0 saturated carbocycles. The molecule has 78 valence electrons. The number of amidine groups is 1. The number of nitrogens with two attached hydrogens (primary N) is 1. The topological polar surface area (TPSA) is 62.2 Å². The smallest absolute Gasteiger partial charge is 0.207 e. The SMILES string of the molecule is N#CN=C(N)CCCc1ccccc1S. The van der Waals surface area contributed by atoms with E-state index in [0.717, 1.165) is 17.7 Å². The minimum absolute atomic E-state index is 0.397. The monoisotopic (exact) mass is 219 g/mol. The number of hydrogen-bond acceptors (Lipinski definition) is 3. The summed E-state index contributed by atoms with van der Waals surface area (Å²) >= 11 is 4.35. The van der Waals surface area contributed by atoms with Crippen LogP contribution in [0.4, 0.5) is 0 Å². The number of aliphatic imine (C=N–C) groups is 1. The standard InChI is InChI=1S/C11H13N3S/c12-8-14-11(13)7-3-5-9-4-1-2-6-10(9)15/h1-2,4,6,15H,3,5,7H2,(H2,13,14). The van der Waals surface area contributed by atoms with Crippen LogP contribution in [0, 0.1) is 11.5 Å². The first-order valence-electron chi connectivity index (χ1n) is 4.72. The van der Waals surface area contributed by atoms with Crippen molar-refractivity contribution in [2.24, 2.45) is 10.7 Å². The van der Waals surface area contributed by atoms with E-state index in [1.807, 2.05) is 24.3 Å². The van der Waals surface area contributed by atoms with Crippen molar-refractivity contribution >= 4 is 18.5 Å². The maximum Gasteiger partial charge on any atom is 0.207 e. The molecule has 0 aliphatic heterocycles. The van der Waals surface area contributed by atoms with Gasteiger partial charge in [0.25, 0.3) is 0 Å². The van der Waals surface area contributed by atoms with Crippen LogP contribution >= 0.6 is 12.6 Å². The zero-order valence-electron chi connectivity index (χ0n) is 8.35. The Hall–Kier alpha value is -1.47. The van der Waals surface area contributed by atoms with Crippen LogP contribution in [0.25, 0.3) is 0 Å². The van der Waals surface area contributed by atoms with Gasteiger partial charge >= 0.3 is 0 Å². The highest BCUT2D eigenvalue weighted by molar-refractivity contribution is 7.80. The molecular formula is C11H13N3S. The molecule has 0 radical (unpaired) electrons. The Bertz CT molecular complexity index is 393. The normalized spacial score (nSPS) is 11.1. The molecule has 0 aromatic heterocycles. The van der Waals surface area contributed by atoms with Crippen molar-refractivity contribution in [3.63, 3.8) is 0 Å². The van der Waals surface area contributed by atoms with E-state index >= 15 is 0 Å². The average Bonchev–Trinajstić information content (AvgIpc) is 2.21. The molecule has 0 aliphatic rings. The predicted molar refractivity (Wildman–Crippen MR) is 63.9 cm³/mol. The number of nitrogens with zero attached hydrogens (tertiary/aromatic N) is 2. The van der Waals surface area contributed by atoms with Crippen LogP contribution in [0.15, 0.2) is 34.2 Å². The van der Waals surface area contributed by atoms with Gasteiger partial charge in [-0.1, -0.05) is 18.2 Å². The van der Waals surface area contributed by atoms with Gasteiger partial charge in [-0.2, -0.15) is 10.3 Å². The first-order chi connectivity index (χ1) is 7.24. The van der Waals surface area contributed by atoms with Crippen molar-refractivity contribution in [1.29, 1.82) is 5.26 Å². The summed E-state index contributed by atoms with van der Waals surface area (Å²) < 4.78 is 0. The second-order valence-electron chi connectivity index (χ2n) is 3.19. The zero-order valence-corrected chi connectivity index (χ0v) is 9.24. The predicted octanol–water partition coefficient (Wildman–Crippen LogP) is 2.14. The molecule has 0 bridgehead atoms. The summed E-state index contributed by atoms with van der Waals surface area (Å²) in [5.41, 5.74) is 6.69. The van der Waals surface area contributed by atoms with Crippen LogP contribution in [0.5, 0.6) is 0 Å². The first-order valence-corrected chi connectivity index (χ1v) is 5.16. The number of hydrogen-bond donors (Lipinski definition) is 2. The van der Waals surface area contributed by atoms with Gasteiger partial charge in [0.05, 0.1) is 0 Å². The fourth-order valence-electron chi connectivity index (χ4n) is 1.30. The van der Waals surface area contributed by atoms with Crippen molar-refractivity contribution < 1.29 is 0 Å². The van der Waals surface area contributed by atoms with E-state index in [4.69, 9.17) is 11.0 Å². The van der Waals surface area contributed by atoms with E-state index in [2.05, 4.69) is 17.6 Å². The second kappa shape index (κ2) is 6.10. The lowest BCUT2D eigenvalue weighted by molar-refractivity contribution is 0.846. The molecule has 0 unspecified atom stereocenters. The van der Waals surface area contributed by atoms with Crippen LogP contribution in [0.3, 0.4) is 0 Å². The maximum absolute atomic E-state index is 8.27. The lowest BCUT2D eigenvalue weighted by atomic mass is 10.1. The van der Waals surface area contributed by atoms with Gasteiger partial charge in [-0.05, 0) is 24.5 Å². The van der Waals surface area contributed by atoms with E-state index in [1.165, 1.54) is 5.56 Å². The van der Waals surface area contributed by atoms with Gasteiger partial charge in [-0.3, -0.25) is 0 Å². The number of rotatable bonds is 4. The van der Waals surface area contributed by atoms with Crippen molar-refractivity contribution in [3.8, 4) is 6.19 Å². The molecule has 0 heterocycles. The lowest BCUT2D eigenvalue weighted by Crippen LogP contribution is -2.11. The van der Waals surface area contributed by atoms with Crippen LogP contribution in [-0.4, -0.2) is 5.84 Å². The lowest BCUT2D eigenvalue weighted by Gasteiger charge is -2.03. The van der Waals surface area contributed by atoms with Crippen LogP contribution in [-0.2, 0) is 6.42 Å². The minimum Gasteiger partial charge on any atom is -0.386 e. The van der Waals surface area contributed by atoms with E-state index in [1.54, 1.807) is 6.19 Å². The van der Waals surface area contributed by atoms with Gasteiger partial charge in [0.2, 0.25) is 6.19 Å². The molecule has 0 fully saturated rings. The number of aryl methyl sites for hydroxylation is 1. The summed E-state index contributed by atoms with van der Waals surface area (Å²) in [7, 11) is 0. The van der Waals surface area contributed by atoms with Gasteiger partial charge < -0.3 is 5.73 Å². The zero-order chi connectivity index (χ0) is 11.1. The molecule has 15 heavy (non-hydrogen) atoms. The van der Waals surface area contributed by atoms with Crippen molar-refractivity contribution in [2.75, 3.05) is 0 Å². The van der Waals surface area contributed by atoms with Crippen molar-refractivity contribution in [2.45, 2.75) is 24.2 Å². The van der Waals surface area contributed by atoms with Gasteiger partial charge in [-0.15, -0.1) is 12.6 Å². The summed E-state index contributed by atoms with van der Waals surface area (Å²) in [6, 6.07) is 7.95. The molecule has 3 nitrogen and oxygen atoms in total. The maximum atomic E-state index is 8.27. The third kappa shape index (κ3) is 4.05. The Balaban J connectivity index is 2.42. The van der Waals surface area contributed by atoms with Gasteiger partial charge in [0, 0.05) is 11.3 Å². The third-order valence-electron chi connectivity index (χ3n) is 2.06. The summed E-state index contributed by atoms with van der Waals surface area (Å²) in [4.78, 5) is 4.45. The highest BCUT2D eigenvalue weighted by Crippen LogP contribution is 2.15. The van der Waals surface area contributed by atoms with Gasteiger partial charge in [-0.25, -0.2) is 0 Å². The second-order valence-corrected chi connectivity index (χ2v) is 3.67. The van der Waals surface area contributed by atoms with Gasteiger partial charge in [0.15, 0.2) is 0 Å². The van der Waals surface area contributed by atoms with Crippen LogP contribution < -0.4 is 5.73 Å². The fourth-order valence-corrected chi connectivity index (χ4v) is 1.57. The molecule has 0 amide bonds. The Kier molecular flexibility index (Phi) is 4.72. The molecule has 0 saturated heterocycles. The molecule has 1 aromatic carbocycles. The molecular weight excluding hydrogens is 206 g/mol. The fraction of sp³-hybridized carbons (Fsp3) is 0.273. The molecule has 1 rings (SSSR count). The van der Waals surface area contributed by atoms with E-state index < -0.39 is 0 Å². The number of benzene rings is 1. The molecule has 0 aliphatic carbocycles. The van der Waals surface area contributed by atoms with E-state index in [-0.39, 0.29) is 0 Å². The molecule has 2 N–H and O–H groups in total. The summed E-state index contributed by atoms with van der Waals surface area (Å²) in [6.45, 7) is 0.